The molecular formula is C48H66N8O8. The molecule has 0 bridgehead atoms. The number of aromatic nitrogens is 4. The predicted octanol–water partition coefficient (Wildman–Crippen LogP) is 7.47. The lowest BCUT2D eigenvalue weighted by atomic mass is 9.87. The normalized spacial score (nSPS) is 20.6. The zero-order chi connectivity index (χ0) is 45.9. The number of H-pyrrole nitrogens is 2. The van der Waals surface area contributed by atoms with Crippen LogP contribution in [0.25, 0.3) is 33.6 Å². The molecule has 4 aromatic rings. The second-order valence-corrected chi connectivity index (χ2v) is 17.2. The summed E-state index contributed by atoms with van der Waals surface area (Å²) in [5.74, 6) is 0.793. The average Bonchev–Trinajstić information content (AvgIpc) is 4.00. The van der Waals surface area contributed by atoms with Gasteiger partial charge in [-0.05, 0) is 100 Å². The number of nitrogens with one attached hydrogen (secondary N) is 4. The van der Waals surface area contributed by atoms with E-state index in [2.05, 4.69) is 54.8 Å². The Kier molecular flexibility index (Phi) is 16.6. The first-order valence-corrected chi connectivity index (χ1v) is 22.6. The Morgan fingerprint density at radius 3 is 1.34 bits per heavy atom. The van der Waals surface area contributed by atoms with Crippen LogP contribution in [0.1, 0.15) is 91.7 Å². The van der Waals surface area contributed by atoms with Crippen LogP contribution in [0.3, 0.4) is 0 Å². The molecule has 346 valence electrons. The molecule has 4 heterocycles. The molecule has 6 unspecified atom stereocenters. The number of hydrogen-bond acceptors (Lipinski definition) is 10. The number of aromatic amines is 2. The van der Waals surface area contributed by atoms with E-state index in [9.17, 15) is 19.2 Å². The molecule has 0 radical (unpaired) electrons. The van der Waals surface area contributed by atoms with Gasteiger partial charge in [0, 0.05) is 25.3 Å². The van der Waals surface area contributed by atoms with Gasteiger partial charge in [0.25, 0.3) is 0 Å². The van der Waals surface area contributed by atoms with Crippen molar-refractivity contribution in [2.24, 2.45) is 11.8 Å². The smallest absolute Gasteiger partial charge is 0.407 e. The third-order valence-electron chi connectivity index (χ3n) is 12.9. The third-order valence-corrected chi connectivity index (χ3v) is 12.9. The molecule has 6 rings (SSSR count). The number of imidazole rings is 2. The Hall–Kier alpha value is -5.74. The van der Waals surface area contributed by atoms with E-state index in [1.54, 1.807) is 22.2 Å². The number of amides is 4. The van der Waals surface area contributed by atoms with Crippen LogP contribution in [-0.4, -0.2) is 118 Å². The van der Waals surface area contributed by atoms with Gasteiger partial charge in [0.1, 0.15) is 23.7 Å². The van der Waals surface area contributed by atoms with Crippen LogP contribution < -0.4 is 10.6 Å². The maximum Gasteiger partial charge on any atom is 0.407 e. The molecule has 16 heteroatoms. The van der Waals surface area contributed by atoms with Crippen molar-refractivity contribution in [3.63, 3.8) is 0 Å². The molecule has 2 aliphatic rings. The number of ether oxygens (including phenoxy) is 4. The lowest BCUT2D eigenvalue weighted by molar-refractivity contribution is -0.140. The van der Waals surface area contributed by atoms with Crippen LogP contribution >= 0.6 is 0 Å². The summed E-state index contributed by atoms with van der Waals surface area (Å²) >= 11 is 0. The fraction of sp³-hybridized carbons (Fsp3) is 0.542. The minimum absolute atomic E-state index is 0.0105. The highest BCUT2D eigenvalue weighted by Gasteiger charge is 2.39. The summed E-state index contributed by atoms with van der Waals surface area (Å²) < 4.78 is 21.3. The number of hydrogen-bond donors (Lipinski definition) is 4. The minimum atomic E-state index is -0.743. The average molecular weight is 883 g/mol. The fourth-order valence-corrected chi connectivity index (χ4v) is 8.69. The molecule has 2 aromatic carbocycles. The number of nitrogens with zero attached hydrogens (tertiary/aromatic N) is 4. The Bertz CT molecular complexity index is 2000. The van der Waals surface area contributed by atoms with E-state index in [0.717, 1.165) is 46.5 Å². The molecule has 2 fully saturated rings. The van der Waals surface area contributed by atoms with Crippen molar-refractivity contribution in [2.75, 3.05) is 27.4 Å². The molecule has 8 atom stereocenters. The molecule has 0 aliphatic carbocycles. The summed E-state index contributed by atoms with van der Waals surface area (Å²) in [7, 11) is 2.60. The van der Waals surface area contributed by atoms with Gasteiger partial charge in [-0.3, -0.25) is 9.59 Å². The van der Waals surface area contributed by atoms with E-state index in [4.69, 9.17) is 18.9 Å². The standard InChI is InChI=1S/C48H66N8O8/c1-9-29(3)55(45(57)43(53-47(59)61-7)37-19-21-63-31(5)23-37)27-41-49-25-39(51-41)35-15-11-33(12-16-35)34-13-17-36(18-14-34)40-26-50-42(52-40)28-56(30(4)10-2)46(58)44(54-48(60)62-8)38-20-22-64-32(6)24-38/h11-18,25-26,29-32,37-38,43-44H,9-10,19-24,27-28H2,1-8H3,(H,49,51)(H,50,52)(H,53,59)(H,54,60)/t29-,30-,31?,32?,37?,38?,43?,44?/m0/s1. The van der Waals surface area contributed by atoms with Crippen molar-refractivity contribution in [1.82, 2.24) is 40.4 Å². The summed E-state index contributed by atoms with van der Waals surface area (Å²) in [6.07, 6.45) is 6.38. The zero-order valence-corrected chi connectivity index (χ0v) is 38.5. The summed E-state index contributed by atoms with van der Waals surface area (Å²) in [5, 5.41) is 5.65. The van der Waals surface area contributed by atoms with Crippen molar-refractivity contribution < 1.29 is 38.1 Å². The molecule has 0 saturated carbocycles. The van der Waals surface area contributed by atoms with Crippen molar-refractivity contribution in [2.45, 2.75) is 130 Å². The number of benzene rings is 2. The molecule has 4 amide bonds. The lowest BCUT2D eigenvalue weighted by Crippen LogP contribution is -2.55. The molecule has 2 aromatic heterocycles. The summed E-state index contributed by atoms with van der Waals surface area (Å²) in [5.41, 5.74) is 5.63. The Labute approximate surface area is 376 Å². The summed E-state index contributed by atoms with van der Waals surface area (Å²) in [4.78, 5) is 72.9. The summed E-state index contributed by atoms with van der Waals surface area (Å²) in [6, 6.07) is 14.7. The molecule has 2 aliphatic heterocycles. The van der Waals surface area contributed by atoms with Gasteiger partial charge < -0.3 is 49.3 Å². The van der Waals surface area contributed by atoms with Gasteiger partial charge in [0.2, 0.25) is 11.8 Å². The van der Waals surface area contributed by atoms with Crippen molar-refractivity contribution in [3.8, 4) is 33.6 Å². The minimum Gasteiger partial charge on any atom is -0.453 e. The van der Waals surface area contributed by atoms with Gasteiger partial charge in [0.05, 0.1) is 63.3 Å². The highest BCUT2D eigenvalue weighted by Crippen LogP contribution is 2.30. The van der Waals surface area contributed by atoms with Gasteiger partial charge >= 0.3 is 12.2 Å². The van der Waals surface area contributed by atoms with E-state index in [-0.39, 0.29) is 61.0 Å². The van der Waals surface area contributed by atoms with E-state index in [1.807, 2.05) is 65.8 Å². The first kappa shape index (κ1) is 47.7. The summed E-state index contributed by atoms with van der Waals surface area (Å²) in [6.45, 7) is 13.6. The molecule has 0 spiro atoms. The second kappa shape index (κ2) is 22.2. The highest BCUT2D eigenvalue weighted by atomic mass is 16.5. The van der Waals surface area contributed by atoms with Crippen LogP contribution in [-0.2, 0) is 41.6 Å². The highest BCUT2D eigenvalue weighted by molar-refractivity contribution is 5.87. The number of alkyl carbamates (subject to hydrolysis) is 2. The molecule has 4 N–H and O–H groups in total. The zero-order valence-electron chi connectivity index (χ0n) is 38.5. The van der Waals surface area contributed by atoms with E-state index in [0.29, 0.717) is 50.5 Å². The second-order valence-electron chi connectivity index (χ2n) is 17.2. The molecule has 16 nitrogen and oxygen atoms in total. The SMILES string of the molecule is CC[C@H](C)N(Cc1ncc(-c2ccc(-c3ccc(-c4cnc(CN(C(=O)C(NC(=O)OC)C5CCOC(C)C5)[C@@H](C)CC)[nH]4)cc3)cc2)[nH]1)C(=O)C(NC(=O)OC)C1CCOC(C)C1. The van der Waals surface area contributed by atoms with Gasteiger partial charge in [0.15, 0.2) is 0 Å². The van der Waals surface area contributed by atoms with Gasteiger partial charge in [-0.1, -0.05) is 62.4 Å². The first-order chi connectivity index (χ1) is 30.8. The van der Waals surface area contributed by atoms with E-state index >= 15 is 0 Å². The Morgan fingerprint density at radius 2 is 1.02 bits per heavy atom. The lowest BCUT2D eigenvalue weighted by Gasteiger charge is -2.37. The van der Waals surface area contributed by atoms with Gasteiger partial charge in [-0.25, -0.2) is 19.6 Å². The maximum atomic E-state index is 14.2. The van der Waals surface area contributed by atoms with Crippen LogP contribution in [0, 0.1) is 11.8 Å². The number of carbonyl (C=O) groups is 4. The molecular weight excluding hydrogens is 817 g/mol. The predicted molar refractivity (Wildman–Crippen MR) is 243 cm³/mol. The maximum absolute atomic E-state index is 14.2. The molecule has 64 heavy (non-hydrogen) atoms. The van der Waals surface area contributed by atoms with Gasteiger partial charge in [-0.15, -0.1) is 0 Å². The first-order valence-electron chi connectivity index (χ1n) is 22.6. The monoisotopic (exact) mass is 883 g/mol. The third kappa shape index (κ3) is 11.9. The van der Waals surface area contributed by atoms with E-state index < -0.39 is 24.3 Å². The van der Waals surface area contributed by atoms with Crippen LogP contribution in [0.15, 0.2) is 60.9 Å². The Morgan fingerprint density at radius 1 is 0.656 bits per heavy atom. The fourth-order valence-electron chi connectivity index (χ4n) is 8.69. The number of rotatable bonds is 17. The van der Waals surface area contributed by atoms with E-state index in [1.165, 1.54) is 14.2 Å². The van der Waals surface area contributed by atoms with Crippen molar-refractivity contribution in [3.05, 3.63) is 72.6 Å². The number of carbonyl (C=O) groups excluding carboxylic acids is 4. The van der Waals surface area contributed by atoms with Crippen LogP contribution in [0.5, 0.6) is 0 Å². The number of methoxy groups -OCH3 is 2. The Balaban J connectivity index is 1.11. The largest absolute Gasteiger partial charge is 0.453 e. The van der Waals surface area contributed by atoms with Crippen LogP contribution in [0.4, 0.5) is 9.59 Å². The van der Waals surface area contributed by atoms with Crippen LogP contribution in [0.2, 0.25) is 0 Å². The van der Waals surface area contributed by atoms with Crippen molar-refractivity contribution in [1.29, 1.82) is 0 Å². The van der Waals surface area contributed by atoms with Gasteiger partial charge in [-0.2, -0.15) is 0 Å². The molecule has 2 saturated heterocycles. The van der Waals surface area contributed by atoms with Crippen molar-refractivity contribution >= 4 is 24.0 Å². The quantitative estimate of drug-likeness (QED) is 0.0827. The topological polar surface area (TPSA) is 193 Å².